The van der Waals surface area contributed by atoms with Gasteiger partial charge in [-0.2, -0.15) is 4.98 Å². The highest BCUT2D eigenvalue weighted by Crippen LogP contribution is 2.23. The van der Waals surface area contributed by atoms with E-state index in [2.05, 4.69) is 15.3 Å². The molecule has 0 spiro atoms. The van der Waals surface area contributed by atoms with Crippen LogP contribution in [-0.2, 0) is 0 Å². The minimum atomic E-state index is -0.211. The van der Waals surface area contributed by atoms with Crippen molar-refractivity contribution in [3.05, 3.63) is 84.2 Å². The lowest BCUT2D eigenvalue weighted by Crippen LogP contribution is -2.41. The van der Waals surface area contributed by atoms with E-state index in [0.717, 1.165) is 23.4 Å². The standard InChI is InChI=1S/C24H27N5O2/c1-28(2)21-15-25-16-22(26-21)31-20-13-14-29(17-20)24(30)27-23(18-9-5-3-6-10-18)19-11-7-4-8-12-19/h3-12,15-16,20,23H,13-14,17H2,1-2H3,(H,27,30). The van der Waals surface area contributed by atoms with Crippen LogP contribution in [0.25, 0.3) is 0 Å². The van der Waals surface area contributed by atoms with Crippen molar-refractivity contribution in [2.45, 2.75) is 18.6 Å². The van der Waals surface area contributed by atoms with Gasteiger partial charge in [0.1, 0.15) is 6.10 Å². The topological polar surface area (TPSA) is 70.6 Å². The molecule has 1 aliphatic rings. The molecule has 0 radical (unpaired) electrons. The summed E-state index contributed by atoms with van der Waals surface area (Å²) >= 11 is 0. The Bertz CT molecular complexity index is 958. The molecule has 7 nitrogen and oxygen atoms in total. The van der Waals surface area contributed by atoms with E-state index in [-0.39, 0.29) is 18.2 Å². The van der Waals surface area contributed by atoms with Gasteiger partial charge >= 0.3 is 6.03 Å². The highest BCUT2D eigenvalue weighted by molar-refractivity contribution is 5.75. The number of carbonyl (C=O) groups is 1. The number of urea groups is 1. The van der Waals surface area contributed by atoms with Crippen LogP contribution in [0.3, 0.4) is 0 Å². The van der Waals surface area contributed by atoms with Gasteiger partial charge in [0.05, 0.1) is 25.0 Å². The van der Waals surface area contributed by atoms with Crippen molar-refractivity contribution in [2.75, 3.05) is 32.1 Å². The number of anilines is 1. The number of hydrogen-bond acceptors (Lipinski definition) is 5. The fourth-order valence-electron chi connectivity index (χ4n) is 3.66. The lowest BCUT2D eigenvalue weighted by atomic mass is 9.99. The maximum atomic E-state index is 13.1. The zero-order chi connectivity index (χ0) is 21.6. The normalized spacial score (nSPS) is 15.7. The minimum Gasteiger partial charge on any atom is -0.471 e. The molecule has 31 heavy (non-hydrogen) atoms. The van der Waals surface area contributed by atoms with Crippen molar-refractivity contribution in [3.63, 3.8) is 0 Å². The summed E-state index contributed by atoms with van der Waals surface area (Å²) in [6.07, 6.45) is 3.94. The van der Waals surface area contributed by atoms with E-state index in [1.54, 1.807) is 17.3 Å². The van der Waals surface area contributed by atoms with Crippen LogP contribution in [0.15, 0.2) is 73.1 Å². The Kier molecular flexibility index (Phi) is 6.31. The van der Waals surface area contributed by atoms with Crippen molar-refractivity contribution in [3.8, 4) is 5.88 Å². The Balaban J connectivity index is 1.42. The second kappa shape index (κ2) is 9.47. The Morgan fingerprint density at radius 3 is 2.32 bits per heavy atom. The van der Waals surface area contributed by atoms with Gasteiger partial charge in [0.2, 0.25) is 5.88 Å². The van der Waals surface area contributed by atoms with Crippen molar-refractivity contribution in [2.24, 2.45) is 0 Å². The lowest BCUT2D eigenvalue weighted by molar-refractivity contribution is 0.181. The van der Waals surface area contributed by atoms with Gasteiger partial charge in [-0.05, 0) is 11.1 Å². The van der Waals surface area contributed by atoms with Gasteiger partial charge in [0.15, 0.2) is 5.82 Å². The molecule has 0 saturated carbocycles. The van der Waals surface area contributed by atoms with Gasteiger partial charge in [-0.3, -0.25) is 4.98 Å². The SMILES string of the molecule is CN(C)c1cncc(OC2CCN(C(=O)NC(c3ccccc3)c3ccccc3)C2)n1. The number of nitrogens with one attached hydrogen (secondary N) is 1. The summed E-state index contributed by atoms with van der Waals surface area (Å²) < 4.78 is 6.00. The van der Waals surface area contributed by atoms with E-state index < -0.39 is 0 Å². The molecule has 0 bridgehead atoms. The van der Waals surface area contributed by atoms with E-state index >= 15 is 0 Å². The predicted molar refractivity (Wildman–Crippen MR) is 120 cm³/mol. The molecule has 4 rings (SSSR count). The Labute approximate surface area is 182 Å². The van der Waals surface area contributed by atoms with Crippen LogP contribution in [0, 0.1) is 0 Å². The van der Waals surface area contributed by atoms with Crippen LogP contribution in [0.4, 0.5) is 10.6 Å². The van der Waals surface area contributed by atoms with Crippen molar-refractivity contribution >= 4 is 11.8 Å². The molecule has 1 unspecified atom stereocenters. The van der Waals surface area contributed by atoms with Gasteiger partial charge in [-0.25, -0.2) is 4.79 Å². The number of aromatic nitrogens is 2. The van der Waals surface area contributed by atoms with Crippen molar-refractivity contribution in [1.82, 2.24) is 20.2 Å². The molecule has 160 valence electrons. The third-order valence-corrected chi connectivity index (χ3v) is 5.31. The van der Waals surface area contributed by atoms with Crippen LogP contribution >= 0.6 is 0 Å². The molecule has 0 aliphatic carbocycles. The van der Waals surface area contributed by atoms with E-state index in [4.69, 9.17) is 4.74 Å². The number of hydrogen-bond donors (Lipinski definition) is 1. The molecule has 7 heteroatoms. The van der Waals surface area contributed by atoms with Crippen LogP contribution in [0.5, 0.6) is 5.88 Å². The molecule has 2 amide bonds. The zero-order valence-electron chi connectivity index (χ0n) is 17.8. The summed E-state index contributed by atoms with van der Waals surface area (Å²) in [6, 6.07) is 19.7. The summed E-state index contributed by atoms with van der Waals surface area (Å²) in [4.78, 5) is 25.4. The zero-order valence-corrected chi connectivity index (χ0v) is 17.8. The molecule has 1 aliphatic heterocycles. The monoisotopic (exact) mass is 417 g/mol. The second-order valence-corrected chi connectivity index (χ2v) is 7.79. The number of rotatable bonds is 6. The molecular weight excluding hydrogens is 390 g/mol. The number of likely N-dealkylation sites (tertiary alicyclic amines) is 1. The summed E-state index contributed by atoms with van der Waals surface area (Å²) in [5, 5.41) is 3.20. The van der Waals surface area contributed by atoms with E-state index in [9.17, 15) is 4.79 Å². The summed E-state index contributed by atoms with van der Waals surface area (Å²) in [5.41, 5.74) is 2.09. The second-order valence-electron chi connectivity index (χ2n) is 7.79. The van der Waals surface area contributed by atoms with Gasteiger partial charge < -0.3 is 19.9 Å². The lowest BCUT2D eigenvalue weighted by Gasteiger charge is -2.24. The molecule has 1 aromatic heterocycles. The van der Waals surface area contributed by atoms with Crippen LogP contribution in [-0.4, -0.2) is 54.2 Å². The van der Waals surface area contributed by atoms with E-state index in [1.807, 2.05) is 79.7 Å². The third kappa shape index (κ3) is 5.12. The summed E-state index contributed by atoms with van der Waals surface area (Å²) in [7, 11) is 3.82. The number of benzene rings is 2. The van der Waals surface area contributed by atoms with Crippen LogP contribution in [0.2, 0.25) is 0 Å². The number of amides is 2. The first-order chi connectivity index (χ1) is 15.1. The van der Waals surface area contributed by atoms with Crippen molar-refractivity contribution < 1.29 is 9.53 Å². The molecule has 2 aromatic carbocycles. The Morgan fingerprint density at radius 1 is 1.06 bits per heavy atom. The first-order valence-corrected chi connectivity index (χ1v) is 10.4. The van der Waals surface area contributed by atoms with Crippen LogP contribution < -0.4 is 15.0 Å². The predicted octanol–water partition coefficient (Wildman–Crippen LogP) is 3.49. The van der Waals surface area contributed by atoms with E-state index in [0.29, 0.717) is 19.0 Å². The van der Waals surface area contributed by atoms with Gasteiger partial charge in [-0.15, -0.1) is 0 Å². The van der Waals surface area contributed by atoms with E-state index in [1.165, 1.54) is 0 Å². The molecular formula is C24H27N5O2. The Hall–Kier alpha value is -3.61. The number of carbonyl (C=O) groups excluding carboxylic acids is 1. The van der Waals surface area contributed by atoms with Gasteiger partial charge in [-0.1, -0.05) is 60.7 Å². The third-order valence-electron chi connectivity index (χ3n) is 5.31. The first kappa shape index (κ1) is 20.7. The van der Waals surface area contributed by atoms with Gasteiger partial charge in [0, 0.05) is 27.1 Å². The Morgan fingerprint density at radius 2 is 1.71 bits per heavy atom. The molecule has 1 atom stereocenters. The fraction of sp³-hybridized carbons (Fsp3) is 0.292. The molecule has 3 aromatic rings. The first-order valence-electron chi connectivity index (χ1n) is 10.4. The molecule has 1 saturated heterocycles. The number of ether oxygens (including phenoxy) is 1. The van der Waals surface area contributed by atoms with Crippen molar-refractivity contribution in [1.29, 1.82) is 0 Å². The molecule has 1 fully saturated rings. The number of nitrogens with zero attached hydrogens (tertiary/aromatic N) is 4. The quantitative estimate of drug-likeness (QED) is 0.665. The molecule has 2 heterocycles. The highest BCUT2D eigenvalue weighted by atomic mass is 16.5. The van der Waals surface area contributed by atoms with Gasteiger partial charge in [0.25, 0.3) is 0 Å². The molecule has 1 N–H and O–H groups in total. The fourth-order valence-corrected chi connectivity index (χ4v) is 3.66. The summed E-state index contributed by atoms with van der Waals surface area (Å²) in [6.45, 7) is 1.14. The maximum Gasteiger partial charge on any atom is 0.318 e. The summed E-state index contributed by atoms with van der Waals surface area (Å²) in [5.74, 6) is 1.21. The largest absolute Gasteiger partial charge is 0.471 e. The maximum absolute atomic E-state index is 13.1. The minimum absolute atomic E-state index is 0.100. The smallest absolute Gasteiger partial charge is 0.318 e. The van der Waals surface area contributed by atoms with Crippen LogP contribution in [0.1, 0.15) is 23.6 Å². The highest BCUT2D eigenvalue weighted by Gasteiger charge is 2.29. The average Bonchev–Trinajstić information content (AvgIpc) is 3.27. The average molecular weight is 418 g/mol.